The van der Waals surface area contributed by atoms with E-state index in [1.807, 2.05) is 30.3 Å². The first-order chi connectivity index (χ1) is 18.0. The number of aromatic nitrogens is 1. The van der Waals surface area contributed by atoms with Gasteiger partial charge in [-0.2, -0.15) is 0 Å². The second kappa shape index (κ2) is 11.2. The summed E-state index contributed by atoms with van der Waals surface area (Å²) in [5.41, 5.74) is 1.47. The topological polar surface area (TPSA) is 106 Å². The zero-order valence-electron chi connectivity index (χ0n) is 20.5. The molecule has 0 spiro atoms. The number of nitrogens with one attached hydrogen (secondary N) is 1. The van der Waals surface area contributed by atoms with Crippen LogP contribution in [0.15, 0.2) is 59.1 Å². The fraction of sp³-hybridized carbons (Fsp3) is 0.385. The molecular weight excluding hydrogens is 494 g/mol. The number of hydrogen-bond acceptors (Lipinski definition) is 8. The van der Waals surface area contributed by atoms with E-state index in [1.54, 1.807) is 12.3 Å². The molecule has 2 aromatic heterocycles. The Hall–Kier alpha value is -3.54. The van der Waals surface area contributed by atoms with Crippen LogP contribution < -0.4 is 10.1 Å². The van der Waals surface area contributed by atoms with Crippen LogP contribution in [0.5, 0.6) is 5.75 Å². The maximum atomic E-state index is 11.2. The predicted octanol–water partition coefficient (Wildman–Crippen LogP) is 3.95. The van der Waals surface area contributed by atoms with Gasteiger partial charge in [0.1, 0.15) is 23.3 Å². The van der Waals surface area contributed by atoms with Crippen LogP contribution in [0.3, 0.4) is 0 Å². The van der Waals surface area contributed by atoms with E-state index in [0.717, 1.165) is 57.3 Å². The highest BCUT2D eigenvalue weighted by Gasteiger charge is 2.41. The molecule has 0 aliphatic carbocycles. The molecule has 2 fully saturated rings. The minimum atomic E-state index is -0.447. The van der Waals surface area contributed by atoms with E-state index >= 15 is 0 Å². The molecule has 0 amide bonds. The summed E-state index contributed by atoms with van der Waals surface area (Å²) in [7, 11) is 1.49. The largest absolute Gasteiger partial charge is 0.496 e. The second-order valence-corrected chi connectivity index (χ2v) is 9.36. The van der Waals surface area contributed by atoms with E-state index in [4.69, 9.17) is 26.1 Å². The van der Waals surface area contributed by atoms with E-state index in [9.17, 15) is 10.1 Å². The van der Waals surface area contributed by atoms with Gasteiger partial charge in [0.05, 0.1) is 48.6 Å². The SMILES string of the molecule is COc1cc([N+](=O)[O-])ccc1-c1ccc([C@@H]2[C@H](c3ccccn3)NC(=S)N2CCCN2CCOCC2)o1. The number of non-ortho nitro benzene ring substituents is 1. The molecule has 1 aromatic carbocycles. The zero-order chi connectivity index (χ0) is 25.8. The van der Waals surface area contributed by atoms with Crippen molar-refractivity contribution in [1.29, 1.82) is 0 Å². The Morgan fingerprint density at radius 2 is 2.03 bits per heavy atom. The maximum Gasteiger partial charge on any atom is 0.273 e. The quantitative estimate of drug-likeness (QED) is 0.252. The molecule has 1 N–H and O–H groups in total. The Morgan fingerprint density at radius 1 is 1.19 bits per heavy atom. The number of benzene rings is 1. The van der Waals surface area contributed by atoms with E-state index in [0.29, 0.717) is 22.2 Å². The van der Waals surface area contributed by atoms with Crippen molar-refractivity contribution in [2.75, 3.05) is 46.5 Å². The van der Waals surface area contributed by atoms with E-state index in [2.05, 4.69) is 20.1 Å². The number of pyridine rings is 1. The van der Waals surface area contributed by atoms with E-state index in [1.165, 1.54) is 19.2 Å². The van der Waals surface area contributed by atoms with Crippen molar-refractivity contribution in [2.24, 2.45) is 0 Å². The average molecular weight is 524 g/mol. The first-order valence-electron chi connectivity index (χ1n) is 12.3. The Kier molecular flexibility index (Phi) is 7.63. The summed E-state index contributed by atoms with van der Waals surface area (Å²) in [4.78, 5) is 19.9. The number of hydrogen-bond donors (Lipinski definition) is 1. The van der Waals surface area contributed by atoms with Gasteiger partial charge in [-0.1, -0.05) is 6.07 Å². The van der Waals surface area contributed by atoms with E-state index in [-0.39, 0.29) is 17.8 Å². The third-order valence-corrected chi connectivity index (χ3v) is 7.11. The molecule has 0 bridgehead atoms. The summed E-state index contributed by atoms with van der Waals surface area (Å²) >= 11 is 5.77. The van der Waals surface area contributed by atoms with Crippen LogP contribution in [0, 0.1) is 10.1 Å². The van der Waals surface area contributed by atoms with Crippen LogP contribution in [0.25, 0.3) is 11.3 Å². The number of ether oxygens (including phenoxy) is 2. The molecule has 0 unspecified atom stereocenters. The van der Waals surface area contributed by atoms with Crippen LogP contribution in [0.4, 0.5) is 5.69 Å². The van der Waals surface area contributed by atoms with E-state index < -0.39 is 4.92 Å². The van der Waals surface area contributed by atoms with Gasteiger partial charge in [-0.3, -0.25) is 20.0 Å². The van der Waals surface area contributed by atoms with Gasteiger partial charge < -0.3 is 24.1 Å². The summed E-state index contributed by atoms with van der Waals surface area (Å²) in [5.74, 6) is 1.66. The molecule has 2 aliphatic heterocycles. The normalized spacial score (nSPS) is 20.1. The number of rotatable bonds is 9. The number of thiocarbonyl (C=S) groups is 1. The molecule has 0 radical (unpaired) electrons. The Bertz CT molecular complexity index is 1250. The third kappa shape index (κ3) is 5.43. The number of nitrogens with zero attached hydrogens (tertiary/aromatic N) is 4. The van der Waals surface area contributed by atoms with Gasteiger partial charge in [0.25, 0.3) is 5.69 Å². The number of morpholine rings is 1. The number of furan rings is 1. The smallest absolute Gasteiger partial charge is 0.273 e. The summed E-state index contributed by atoms with van der Waals surface area (Å²) < 4.78 is 17.3. The van der Waals surface area contributed by atoms with Crippen molar-refractivity contribution in [1.82, 2.24) is 20.1 Å². The Labute approximate surface area is 220 Å². The average Bonchev–Trinajstić information content (AvgIpc) is 3.54. The molecule has 2 saturated heterocycles. The van der Waals surface area contributed by atoms with Crippen LogP contribution in [-0.4, -0.2) is 71.3 Å². The fourth-order valence-corrected chi connectivity index (χ4v) is 5.23. The molecule has 37 heavy (non-hydrogen) atoms. The lowest BCUT2D eigenvalue weighted by Crippen LogP contribution is -2.38. The van der Waals surface area contributed by atoms with Crippen LogP contribution >= 0.6 is 12.2 Å². The Balaban J connectivity index is 1.42. The molecular formula is C26H29N5O5S. The summed E-state index contributed by atoms with van der Waals surface area (Å²) in [5, 5.41) is 15.3. The molecule has 11 heteroatoms. The lowest BCUT2D eigenvalue weighted by Gasteiger charge is -2.29. The van der Waals surface area contributed by atoms with Crippen molar-refractivity contribution in [3.05, 3.63) is 76.3 Å². The standard InChI is InChI=1S/C26H29N5O5S/c1-34-23-17-18(31(32)33)6-7-19(23)21-8-9-22(36-21)25-24(20-5-2-3-10-27-20)28-26(37)30(25)12-4-11-29-13-15-35-16-14-29/h2-3,5-10,17,24-25H,4,11-16H2,1H3,(H,28,37)/t24-,25+/m0/s1. The summed E-state index contributed by atoms with van der Waals surface area (Å²) in [6.45, 7) is 5.16. The highest BCUT2D eigenvalue weighted by molar-refractivity contribution is 7.80. The van der Waals surface area contributed by atoms with Gasteiger partial charge in [0, 0.05) is 38.4 Å². The highest BCUT2D eigenvalue weighted by atomic mass is 32.1. The van der Waals surface area contributed by atoms with Crippen LogP contribution in [0.2, 0.25) is 0 Å². The summed E-state index contributed by atoms with van der Waals surface area (Å²) in [6, 6.07) is 13.7. The fourth-order valence-electron chi connectivity index (χ4n) is 4.90. The number of nitro groups is 1. The molecule has 10 nitrogen and oxygen atoms in total. The second-order valence-electron chi connectivity index (χ2n) is 8.97. The maximum absolute atomic E-state index is 11.2. The molecule has 0 saturated carbocycles. The van der Waals surface area contributed by atoms with Gasteiger partial charge in [0.2, 0.25) is 0 Å². The van der Waals surface area contributed by atoms with Crippen LogP contribution in [-0.2, 0) is 4.74 Å². The molecule has 194 valence electrons. The monoisotopic (exact) mass is 523 g/mol. The van der Waals surface area contributed by atoms with Gasteiger partial charge in [0.15, 0.2) is 5.11 Å². The first kappa shape index (κ1) is 25.1. The van der Waals surface area contributed by atoms with Crippen molar-refractivity contribution >= 4 is 23.0 Å². The minimum absolute atomic E-state index is 0.0422. The highest BCUT2D eigenvalue weighted by Crippen LogP contribution is 2.42. The van der Waals surface area contributed by atoms with Gasteiger partial charge >= 0.3 is 0 Å². The minimum Gasteiger partial charge on any atom is -0.496 e. The molecule has 4 heterocycles. The van der Waals surface area contributed by atoms with Gasteiger partial charge in [-0.25, -0.2) is 0 Å². The molecule has 5 rings (SSSR count). The van der Waals surface area contributed by atoms with Gasteiger partial charge in [-0.15, -0.1) is 0 Å². The van der Waals surface area contributed by atoms with Crippen molar-refractivity contribution in [3.63, 3.8) is 0 Å². The molecule has 2 atom stereocenters. The lowest BCUT2D eigenvalue weighted by molar-refractivity contribution is -0.384. The lowest BCUT2D eigenvalue weighted by atomic mass is 10.0. The third-order valence-electron chi connectivity index (χ3n) is 6.75. The first-order valence-corrected chi connectivity index (χ1v) is 12.7. The van der Waals surface area contributed by atoms with Gasteiger partial charge in [-0.05, 0) is 49.0 Å². The van der Waals surface area contributed by atoms with Crippen molar-refractivity contribution in [2.45, 2.75) is 18.5 Å². The number of methoxy groups -OCH3 is 1. The summed E-state index contributed by atoms with van der Waals surface area (Å²) in [6.07, 6.45) is 2.71. The van der Waals surface area contributed by atoms with Crippen molar-refractivity contribution in [3.8, 4) is 17.1 Å². The molecule has 3 aromatic rings. The predicted molar refractivity (Wildman–Crippen MR) is 141 cm³/mol. The van der Waals surface area contributed by atoms with Crippen LogP contribution in [0.1, 0.15) is 30.0 Å². The Morgan fingerprint density at radius 3 is 2.76 bits per heavy atom. The zero-order valence-corrected chi connectivity index (χ0v) is 21.4. The molecule has 2 aliphatic rings. The number of nitro benzene ring substituents is 1. The van der Waals surface area contributed by atoms with Crippen molar-refractivity contribution < 1.29 is 18.8 Å².